The van der Waals surface area contributed by atoms with Crippen LogP contribution in [0.15, 0.2) is 71.9 Å². The van der Waals surface area contributed by atoms with E-state index in [1.54, 1.807) is 30.7 Å². The summed E-state index contributed by atoms with van der Waals surface area (Å²) in [5, 5.41) is 4.00. The number of halogens is 1. The van der Waals surface area contributed by atoms with Crippen molar-refractivity contribution in [3.8, 4) is 5.75 Å². The minimum absolute atomic E-state index is 0.108. The highest BCUT2D eigenvalue weighted by molar-refractivity contribution is 6.30. The van der Waals surface area contributed by atoms with Crippen LogP contribution in [-0.2, 0) is 24.4 Å². The molecule has 2 aliphatic heterocycles. The summed E-state index contributed by atoms with van der Waals surface area (Å²) in [6.07, 6.45) is 4.85. The number of hydrogen-bond donors (Lipinski definition) is 1. The van der Waals surface area contributed by atoms with Gasteiger partial charge in [0.1, 0.15) is 17.4 Å². The minimum Gasteiger partial charge on any atom is -0.482 e. The molecule has 2 aliphatic rings. The molecule has 9 heteroatoms. The number of aromatic nitrogens is 2. The van der Waals surface area contributed by atoms with Crippen molar-refractivity contribution in [1.29, 1.82) is 0 Å². The SMILES string of the molecule is O=C(NCc1ccc(Cl)cc1)c1cn2c3c(cc(CN4CCOCC4)cc3c1=O)OC(c1ccncc1)C2. The molecule has 8 nitrogen and oxygen atoms in total. The topological polar surface area (TPSA) is 85.7 Å². The van der Waals surface area contributed by atoms with E-state index < -0.39 is 5.91 Å². The van der Waals surface area contributed by atoms with Gasteiger partial charge in [0, 0.05) is 49.8 Å². The molecule has 38 heavy (non-hydrogen) atoms. The van der Waals surface area contributed by atoms with Gasteiger partial charge in [0.2, 0.25) is 5.43 Å². The summed E-state index contributed by atoms with van der Waals surface area (Å²) in [5.74, 6) is 0.228. The number of pyridine rings is 2. The van der Waals surface area contributed by atoms with Crippen LogP contribution in [0.25, 0.3) is 10.9 Å². The highest BCUT2D eigenvalue weighted by Crippen LogP contribution is 2.36. The summed E-state index contributed by atoms with van der Waals surface area (Å²) in [6, 6.07) is 15.0. The van der Waals surface area contributed by atoms with Gasteiger partial charge in [-0.2, -0.15) is 0 Å². The lowest BCUT2D eigenvalue weighted by Crippen LogP contribution is -2.35. The Labute approximate surface area is 224 Å². The van der Waals surface area contributed by atoms with Crippen LogP contribution in [0, 0.1) is 0 Å². The van der Waals surface area contributed by atoms with Crippen LogP contribution in [0.1, 0.15) is 33.2 Å². The Bertz CT molecular complexity index is 1530. The molecule has 0 spiro atoms. The minimum atomic E-state index is -0.414. The van der Waals surface area contributed by atoms with Gasteiger partial charge < -0.3 is 19.4 Å². The van der Waals surface area contributed by atoms with E-state index in [4.69, 9.17) is 21.1 Å². The van der Waals surface area contributed by atoms with Gasteiger partial charge in [0.25, 0.3) is 5.91 Å². The van der Waals surface area contributed by atoms with Gasteiger partial charge in [-0.3, -0.25) is 19.5 Å². The number of nitrogens with zero attached hydrogens (tertiary/aromatic N) is 3. The third kappa shape index (κ3) is 5.03. The number of hydrogen-bond acceptors (Lipinski definition) is 6. The van der Waals surface area contributed by atoms with Gasteiger partial charge in [-0.05, 0) is 53.1 Å². The van der Waals surface area contributed by atoms with E-state index in [9.17, 15) is 9.59 Å². The van der Waals surface area contributed by atoms with E-state index in [-0.39, 0.29) is 17.1 Å². The maximum absolute atomic E-state index is 13.7. The molecule has 4 heterocycles. The van der Waals surface area contributed by atoms with E-state index in [0.29, 0.717) is 54.5 Å². The maximum Gasteiger partial charge on any atom is 0.257 e. The van der Waals surface area contributed by atoms with Gasteiger partial charge >= 0.3 is 0 Å². The Morgan fingerprint density at radius 1 is 1.05 bits per heavy atom. The Morgan fingerprint density at radius 2 is 1.82 bits per heavy atom. The molecule has 6 rings (SSSR count). The quantitative estimate of drug-likeness (QED) is 0.406. The molecule has 1 N–H and O–H groups in total. The van der Waals surface area contributed by atoms with Crippen LogP contribution in [0.4, 0.5) is 0 Å². The third-order valence-electron chi connectivity index (χ3n) is 7.03. The number of carbonyl (C=O) groups is 1. The predicted octanol–water partition coefficient (Wildman–Crippen LogP) is 3.95. The summed E-state index contributed by atoms with van der Waals surface area (Å²) in [4.78, 5) is 33.4. The normalized spacial score (nSPS) is 17.2. The number of morpholine rings is 1. The van der Waals surface area contributed by atoms with Crippen LogP contribution in [0.3, 0.4) is 0 Å². The molecule has 1 saturated heterocycles. The third-order valence-corrected chi connectivity index (χ3v) is 7.28. The molecule has 1 atom stereocenters. The first-order valence-electron chi connectivity index (χ1n) is 12.6. The molecule has 194 valence electrons. The summed E-state index contributed by atoms with van der Waals surface area (Å²) in [7, 11) is 0. The van der Waals surface area contributed by atoms with Crippen LogP contribution >= 0.6 is 11.6 Å². The number of benzene rings is 2. The number of rotatable bonds is 6. The van der Waals surface area contributed by atoms with Crippen molar-refractivity contribution >= 4 is 28.4 Å². The molecule has 1 amide bonds. The zero-order chi connectivity index (χ0) is 26.1. The van der Waals surface area contributed by atoms with Gasteiger partial charge in [0.05, 0.1) is 30.7 Å². The highest BCUT2D eigenvalue weighted by atomic mass is 35.5. The molecule has 0 aliphatic carbocycles. The maximum atomic E-state index is 13.7. The average molecular weight is 531 g/mol. The van der Waals surface area contributed by atoms with Crippen LogP contribution < -0.4 is 15.5 Å². The molecule has 0 radical (unpaired) electrons. The Morgan fingerprint density at radius 3 is 2.58 bits per heavy atom. The molecular formula is C29H27ClN4O4. The average Bonchev–Trinajstić information content (AvgIpc) is 2.95. The first-order chi connectivity index (χ1) is 18.5. The summed E-state index contributed by atoms with van der Waals surface area (Å²) in [5.41, 5.74) is 3.35. The Balaban J connectivity index is 1.38. The summed E-state index contributed by atoms with van der Waals surface area (Å²) in [6.45, 7) is 4.45. The first-order valence-corrected chi connectivity index (χ1v) is 13.0. The van der Waals surface area contributed by atoms with Gasteiger partial charge in [-0.15, -0.1) is 0 Å². The van der Waals surface area contributed by atoms with Crippen molar-refractivity contribution in [2.45, 2.75) is 25.7 Å². The molecular weight excluding hydrogens is 504 g/mol. The van der Waals surface area contributed by atoms with E-state index >= 15 is 0 Å². The Hall–Kier alpha value is -3.72. The molecule has 4 aromatic rings. The molecule has 2 aromatic heterocycles. The Kier molecular flexibility index (Phi) is 6.84. The predicted molar refractivity (Wildman–Crippen MR) is 145 cm³/mol. The standard InChI is InChI=1S/C29H27ClN4O4/c30-22-3-1-19(2-4-22)15-32-29(36)24-17-34-18-26(21-5-7-31-8-6-21)38-25-14-20(13-23(27(25)34)28(24)35)16-33-9-11-37-12-10-33/h1-8,13-14,17,26H,9-12,15-16,18H2,(H,32,36). The van der Waals surface area contributed by atoms with Gasteiger partial charge in [-0.1, -0.05) is 23.7 Å². The second kappa shape index (κ2) is 10.6. The fourth-order valence-corrected chi connectivity index (χ4v) is 5.19. The lowest BCUT2D eigenvalue weighted by molar-refractivity contribution is 0.0341. The zero-order valence-electron chi connectivity index (χ0n) is 20.7. The molecule has 0 saturated carbocycles. The fourth-order valence-electron chi connectivity index (χ4n) is 5.06. The van der Waals surface area contributed by atoms with E-state index in [0.717, 1.165) is 29.8 Å². The molecule has 2 aromatic carbocycles. The lowest BCUT2D eigenvalue weighted by Gasteiger charge is -2.30. The zero-order valence-corrected chi connectivity index (χ0v) is 21.5. The molecule has 1 fully saturated rings. The lowest BCUT2D eigenvalue weighted by atomic mass is 10.0. The summed E-state index contributed by atoms with van der Waals surface area (Å²) >= 11 is 5.97. The highest BCUT2D eigenvalue weighted by Gasteiger charge is 2.27. The van der Waals surface area contributed by atoms with Gasteiger partial charge in [0.15, 0.2) is 0 Å². The number of amides is 1. The van der Waals surface area contributed by atoms with Crippen LogP contribution in [0.2, 0.25) is 5.02 Å². The van der Waals surface area contributed by atoms with Crippen LogP contribution in [-0.4, -0.2) is 46.7 Å². The van der Waals surface area contributed by atoms with E-state index in [1.165, 1.54) is 0 Å². The van der Waals surface area contributed by atoms with Gasteiger partial charge in [-0.25, -0.2) is 0 Å². The second-order valence-electron chi connectivity index (χ2n) is 9.60. The van der Waals surface area contributed by atoms with Crippen molar-refractivity contribution in [3.63, 3.8) is 0 Å². The second-order valence-corrected chi connectivity index (χ2v) is 10.0. The monoisotopic (exact) mass is 530 g/mol. The van der Waals surface area contributed by atoms with Crippen molar-refractivity contribution in [2.24, 2.45) is 0 Å². The van der Waals surface area contributed by atoms with E-state index in [2.05, 4.69) is 15.2 Å². The number of carbonyl (C=O) groups excluding carboxylic acids is 1. The molecule has 0 bridgehead atoms. The van der Waals surface area contributed by atoms with Crippen molar-refractivity contribution in [2.75, 3.05) is 26.3 Å². The molecule has 1 unspecified atom stereocenters. The van der Waals surface area contributed by atoms with E-state index in [1.807, 2.05) is 41.0 Å². The largest absolute Gasteiger partial charge is 0.482 e. The van der Waals surface area contributed by atoms with Crippen molar-refractivity contribution in [1.82, 2.24) is 19.8 Å². The summed E-state index contributed by atoms with van der Waals surface area (Å²) < 4.78 is 13.9. The smallest absolute Gasteiger partial charge is 0.257 e. The number of ether oxygens (including phenoxy) is 2. The fraction of sp³-hybridized carbons (Fsp3) is 0.276. The van der Waals surface area contributed by atoms with Crippen LogP contribution in [0.5, 0.6) is 5.75 Å². The van der Waals surface area contributed by atoms with Crippen molar-refractivity contribution in [3.05, 3.63) is 105 Å². The van der Waals surface area contributed by atoms with Crippen molar-refractivity contribution < 1.29 is 14.3 Å². The first kappa shape index (κ1) is 24.6. The number of nitrogens with one attached hydrogen (secondary N) is 1.